The number of benzene rings is 2. The molecule has 0 aromatic heterocycles. The number of methoxy groups -OCH3 is 2. The zero-order chi connectivity index (χ0) is 20.7. The minimum atomic E-state index is -3.68. The maximum atomic E-state index is 12.2. The van der Waals surface area contributed by atoms with Crippen LogP contribution >= 0.6 is 11.6 Å². The van der Waals surface area contributed by atoms with Gasteiger partial charge in [-0.25, -0.2) is 13.8 Å². The van der Waals surface area contributed by atoms with E-state index in [-0.39, 0.29) is 0 Å². The van der Waals surface area contributed by atoms with E-state index in [1.807, 2.05) is 0 Å². The smallest absolute Gasteiger partial charge is 0.260 e. The van der Waals surface area contributed by atoms with Crippen LogP contribution in [0.3, 0.4) is 0 Å². The number of carbonyl (C=O) groups is 1. The molecule has 1 amide bonds. The largest absolute Gasteiger partial charge is 0.493 e. The minimum Gasteiger partial charge on any atom is -0.493 e. The molecule has 0 saturated carbocycles. The summed E-state index contributed by atoms with van der Waals surface area (Å²) in [6.07, 6.45) is 2.39. The fourth-order valence-electron chi connectivity index (χ4n) is 2.36. The predicted octanol–water partition coefficient (Wildman–Crippen LogP) is 2.27. The van der Waals surface area contributed by atoms with Crippen molar-refractivity contribution in [1.29, 1.82) is 0 Å². The van der Waals surface area contributed by atoms with Gasteiger partial charge in [0.1, 0.15) is 6.54 Å². The Bertz CT molecular complexity index is 962. The van der Waals surface area contributed by atoms with Crippen molar-refractivity contribution in [3.63, 3.8) is 0 Å². The molecular weight excluding hydrogens is 406 g/mol. The summed E-state index contributed by atoms with van der Waals surface area (Å²) in [4.78, 5) is 12.2. The van der Waals surface area contributed by atoms with Crippen molar-refractivity contribution in [2.75, 3.05) is 31.3 Å². The van der Waals surface area contributed by atoms with E-state index < -0.39 is 22.5 Å². The van der Waals surface area contributed by atoms with Crippen LogP contribution in [0, 0.1) is 0 Å². The molecule has 8 nitrogen and oxygen atoms in total. The van der Waals surface area contributed by atoms with E-state index in [2.05, 4.69) is 10.5 Å². The molecule has 0 fully saturated rings. The lowest BCUT2D eigenvalue weighted by atomic mass is 10.2. The molecule has 0 aliphatic carbocycles. The van der Waals surface area contributed by atoms with Crippen molar-refractivity contribution in [2.45, 2.75) is 0 Å². The molecule has 2 aromatic rings. The molecule has 0 atom stereocenters. The Morgan fingerprint density at radius 1 is 1.18 bits per heavy atom. The second kappa shape index (κ2) is 9.43. The van der Waals surface area contributed by atoms with Gasteiger partial charge >= 0.3 is 0 Å². The van der Waals surface area contributed by atoms with Gasteiger partial charge in [-0.15, -0.1) is 0 Å². The molecule has 28 heavy (non-hydrogen) atoms. The van der Waals surface area contributed by atoms with Crippen LogP contribution in [-0.4, -0.2) is 47.6 Å². The van der Waals surface area contributed by atoms with Crippen LogP contribution < -0.4 is 19.2 Å². The lowest BCUT2D eigenvalue weighted by Crippen LogP contribution is -2.39. The zero-order valence-corrected chi connectivity index (χ0v) is 17.1. The van der Waals surface area contributed by atoms with Crippen molar-refractivity contribution in [3.05, 3.63) is 53.1 Å². The van der Waals surface area contributed by atoms with Gasteiger partial charge in [-0.1, -0.05) is 17.7 Å². The molecule has 0 saturated heterocycles. The van der Waals surface area contributed by atoms with Crippen LogP contribution in [0.4, 0.5) is 5.69 Å². The summed E-state index contributed by atoms with van der Waals surface area (Å²) in [5, 5.41) is 4.32. The SMILES string of the molecule is COc1cccc(/C=N\NC(=O)CN(c2ccc(Cl)cc2)S(C)(=O)=O)c1OC. The van der Waals surface area contributed by atoms with Gasteiger partial charge in [-0.2, -0.15) is 5.10 Å². The van der Waals surface area contributed by atoms with Crippen LogP contribution in [-0.2, 0) is 14.8 Å². The first-order chi connectivity index (χ1) is 13.3. The lowest BCUT2D eigenvalue weighted by Gasteiger charge is -2.21. The van der Waals surface area contributed by atoms with Gasteiger partial charge in [-0.05, 0) is 36.4 Å². The monoisotopic (exact) mass is 425 g/mol. The van der Waals surface area contributed by atoms with Crippen molar-refractivity contribution in [1.82, 2.24) is 5.43 Å². The zero-order valence-electron chi connectivity index (χ0n) is 15.5. The average molecular weight is 426 g/mol. The van der Waals surface area contributed by atoms with Crippen LogP contribution in [0.5, 0.6) is 11.5 Å². The van der Waals surface area contributed by atoms with E-state index in [1.165, 1.54) is 32.6 Å². The Hall–Kier alpha value is -2.78. The summed E-state index contributed by atoms with van der Waals surface area (Å²) in [6, 6.07) is 11.3. The highest BCUT2D eigenvalue weighted by Gasteiger charge is 2.20. The molecule has 2 rings (SSSR count). The van der Waals surface area contributed by atoms with Gasteiger partial charge < -0.3 is 9.47 Å². The van der Waals surface area contributed by atoms with Gasteiger partial charge in [0.15, 0.2) is 11.5 Å². The van der Waals surface area contributed by atoms with Gasteiger partial charge in [0.2, 0.25) is 10.0 Å². The van der Waals surface area contributed by atoms with E-state index >= 15 is 0 Å². The van der Waals surface area contributed by atoms with Gasteiger partial charge in [0.25, 0.3) is 5.91 Å². The summed E-state index contributed by atoms with van der Waals surface area (Å²) < 4.78 is 35.5. The fourth-order valence-corrected chi connectivity index (χ4v) is 3.34. The summed E-state index contributed by atoms with van der Waals surface area (Å²) >= 11 is 5.82. The Balaban J connectivity index is 2.12. The number of hydrogen-bond acceptors (Lipinski definition) is 6. The third-order valence-corrected chi connectivity index (χ3v) is 5.02. The van der Waals surface area contributed by atoms with Gasteiger partial charge in [0.05, 0.1) is 32.4 Å². The number of hydrazone groups is 1. The number of carbonyl (C=O) groups excluding carboxylic acids is 1. The van der Waals surface area contributed by atoms with E-state index in [0.717, 1.165) is 10.6 Å². The lowest BCUT2D eigenvalue weighted by molar-refractivity contribution is -0.119. The summed E-state index contributed by atoms with van der Waals surface area (Å²) in [5.74, 6) is 0.365. The molecule has 0 aliphatic rings. The topological polar surface area (TPSA) is 97.3 Å². The number of halogens is 1. The van der Waals surface area contributed by atoms with Crippen LogP contribution in [0.15, 0.2) is 47.6 Å². The third kappa shape index (κ3) is 5.61. The minimum absolute atomic E-state index is 0.320. The number of anilines is 1. The fraction of sp³-hybridized carbons (Fsp3) is 0.222. The average Bonchev–Trinajstić information content (AvgIpc) is 2.65. The number of rotatable bonds is 8. The third-order valence-electron chi connectivity index (χ3n) is 3.63. The second-order valence-electron chi connectivity index (χ2n) is 5.62. The van der Waals surface area contributed by atoms with E-state index in [1.54, 1.807) is 30.3 Å². The molecular formula is C18H20ClN3O5S. The molecule has 0 bridgehead atoms. The van der Waals surface area contributed by atoms with E-state index in [4.69, 9.17) is 21.1 Å². The van der Waals surface area contributed by atoms with Gasteiger partial charge in [-0.3, -0.25) is 9.10 Å². The molecule has 0 radical (unpaired) electrons. The summed E-state index contributed by atoms with van der Waals surface area (Å²) in [7, 11) is -0.681. The molecule has 150 valence electrons. The maximum Gasteiger partial charge on any atom is 0.260 e. The quantitative estimate of drug-likeness (QED) is 0.517. The van der Waals surface area contributed by atoms with Crippen molar-refractivity contribution >= 4 is 39.4 Å². The van der Waals surface area contributed by atoms with E-state index in [9.17, 15) is 13.2 Å². The first-order valence-corrected chi connectivity index (χ1v) is 10.2. The standard InChI is InChI=1S/C18H20ClN3O5S/c1-26-16-6-4-5-13(18(16)27-2)11-20-21-17(23)12-22(28(3,24)25)15-9-7-14(19)8-10-15/h4-11H,12H2,1-3H3,(H,21,23)/b20-11-. The molecule has 1 N–H and O–H groups in total. The molecule has 0 spiro atoms. The second-order valence-corrected chi connectivity index (χ2v) is 7.97. The molecule has 0 aliphatic heterocycles. The first-order valence-electron chi connectivity index (χ1n) is 8.02. The maximum absolute atomic E-state index is 12.2. The Morgan fingerprint density at radius 2 is 1.86 bits per heavy atom. The number of nitrogens with one attached hydrogen (secondary N) is 1. The first kappa shape index (κ1) is 21.5. The highest BCUT2D eigenvalue weighted by molar-refractivity contribution is 7.92. The predicted molar refractivity (Wildman–Crippen MR) is 109 cm³/mol. The molecule has 10 heteroatoms. The number of amides is 1. The Kier molecular flexibility index (Phi) is 7.24. The number of sulfonamides is 1. The number of nitrogens with zero attached hydrogens (tertiary/aromatic N) is 2. The van der Waals surface area contributed by atoms with Crippen LogP contribution in [0.25, 0.3) is 0 Å². The summed E-state index contributed by atoms with van der Waals surface area (Å²) in [6.45, 7) is -0.437. The number of ether oxygens (including phenoxy) is 2. The molecule has 0 heterocycles. The number of hydrogen-bond donors (Lipinski definition) is 1. The van der Waals surface area contributed by atoms with E-state index in [0.29, 0.717) is 27.8 Å². The number of para-hydroxylation sites is 1. The normalized spacial score (nSPS) is 11.3. The van der Waals surface area contributed by atoms with Crippen molar-refractivity contribution in [3.8, 4) is 11.5 Å². The Morgan fingerprint density at radius 3 is 2.43 bits per heavy atom. The molecule has 2 aromatic carbocycles. The highest BCUT2D eigenvalue weighted by atomic mass is 35.5. The summed E-state index contributed by atoms with van der Waals surface area (Å²) in [5.41, 5.74) is 3.21. The van der Waals surface area contributed by atoms with Crippen LogP contribution in [0.1, 0.15) is 5.56 Å². The van der Waals surface area contributed by atoms with Crippen molar-refractivity contribution < 1.29 is 22.7 Å². The molecule has 0 unspecified atom stereocenters. The van der Waals surface area contributed by atoms with Crippen molar-refractivity contribution in [2.24, 2.45) is 5.10 Å². The van der Waals surface area contributed by atoms with Gasteiger partial charge in [0, 0.05) is 10.6 Å². The van der Waals surface area contributed by atoms with Crippen LogP contribution in [0.2, 0.25) is 5.02 Å². The Labute approximate surface area is 168 Å². The highest BCUT2D eigenvalue weighted by Crippen LogP contribution is 2.29.